The third kappa shape index (κ3) is 34.5. The molecule has 10 rings (SSSR count). The normalized spacial score (nSPS) is 11.7. The molecule has 0 radical (unpaired) electrons. The number of methoxy groups -OCH3 is 1. The van der Waals surface area contributed by atoms with E-state index in [4.69, 9.17) is 29.7 Å². The van der Waals surface area contributed by atoms with Crippen LogP contribution in [0.3, 0.4) is 0 Å². The number of hydrogen-bond donors (Lipinski definition) is 2. The van der Waals surface area contributed by atoms with Gasteiger partial charge in [0, 0.05) is 93.3 Å². The zero-order valence-corrected chi connectivity index (χ0v) is 96.6. The van der Waals surface area contributed by atoms with Crippen LogP contribution in [0.5, 0.6) is 5.75 Å². The van der Waals surface area contributed by atoms with Gasteiger partial charge >= 0.3 is 0 Å². The molecule has 18 nitrogen and oxygen atoms in total. The van der Waals surface area contributed by atoms with E-state index in [2.05, 4.69) is 241 Å². The van der Waals surface area contributed by atoms with Gasteiger partial charge in [0.05, 0.1) is 73.2 Å². The van der Waals surface area contributed by atoms with Crippen molar-refractivity contribution in [2.75, 3.05) is 97.1 Å². The summed E-state index contributed by atoms with van der Waals surface area (Å²) in [6.45, 7) is 71.4. The Hall–Kier alpha value is -8.68. The Bertz CT molecular complexity index is 5340. The van der Waals surface area contributed by atoms with Gasteiger partial charge in [-0.2, -0.15) is 0 Å². The lowest BCUT2D eigenvalue weighted by molar-refractivity contribution is 0.111. The number of nitrogens with zero attached hydrogens (tertiary/aromatic N) is 10. The summed E-state index contributed by atoms with van der Waals surface area (Å²) in [5.41, 5.74) is 24.5. The summed E-state index contributed by atoms with van der Waals surface area (Å²) in [6.07, 6.45) is 28.8. The van der Waals surface area contributed by atoms with Crippen LogP contribution < -0.4 is 29.2 Å². The van der Waals surface area contributed by atoms with Crippen LogP contribution in [0.15, 0.2) is 66.7 Å². The number of carbonyl (C=O) groups is 5. The zero-order valence-electron chi connectivity index (χ0n) is 92.5. The van der Waals surface area contributed by atoms with Gasteiger partial charge in [0.15, 0.2) is 57.1 Å². The van der Waals surface area contributed by atoms with Gasteiger partial charge in [-0.15, -0.1) is 0 Å². The molecule has 0 saturated carbocycles. The second-order valence-corrected chi connectivity index (χ2v) is 45.0. The summed E-state index contributed by atoms with van der Waals surface area (Å²) in [5.74, 6) is 4.17. The van der Waals surface area contributed by atoms with Gasteiger partial charge in [-0.25, -0.2) is 24.9 Å². The van der Waals surface area contributed by atoms with E-state index in [1.54, 1.807) is 29.8 Å². The average Bonchev–Trinajstić information content (AvgIpc) is 1.44. The number of rotatable bonds is 56. The lowest BCUT2D eigenvalue weighted by atomic mass is 9.83. The van der Waals surface area contributed by atoms with E-state index in [-0.39, 0.29) is 13.2 Å². The summed E-state index contributed by atoms with van der Waals surface area (Å²) < 4.78 is 5.52. The monoisotopic (exact) mass is 2040 g/mol. The first kappa shape index (κ1) is 122. The predicted octanol–water partition coefficient (Wildman–Crippen LogP) is 32.5. The summed E-state index contributed by atoms with van der Waals surface area (Å²) in [7, 11) is 1.60. The SMILES string of the molecule is CCCCCCN(CCCCCC)c1nc(-c2c(CO)cccc2OC)c(C=O)s1.CCCCN(CC)c1nc(-c2c(C)cc(CO)cc2C)c(C=O)s1.CCCCN(CCCC)c1nc(-c2c(C(C)C)cc(C(C)C)cc2C(C)C)c(C=O)s1.CCCCN(CCCC)c1nc(-c2c(CC)cc(CC)cc2CC)c(C=O)s1.Cc1ccc(C)c(-c2nc(N(CC(C)C(C)C)CC(C)C(C)C)sc2C=O)c1C. The third-order valence-electron chi connectivity index (χ3n) is 27.3. The highest BCUT2D eigenvalue weighted by atomic mass is 32.1. The molecule has 10 aromatic rings. The van der Waals surface area contributed by atoms with Crippen molar-refractivity contribution in [1.82, 2.24) is 24.9 Å². The molecule has 0 aliphatic rings. The van der Waals surface area contributed by atoms with Crippen molar-refractivity contribution in [1.29, 1.82) is 0 Å². The standard InChI is InChI=1S/C27H42N2OS.C25H38N2OS.C24H36N2O3S.C24H36N2OS.C19H26N2O2S/c1-9-11-13-29(14-12-10-2)27-28-26(24(17-30)31-27)25-22(19(5)6)15-21(18(3)4)16-23(25)20(7)8;1-15(2)19(7)12-27(13-20(8)16(3)4)25-26-24(22(14-28)29-25)23-18(6)11-10-17(5)21(23)9;1-4-6-8-10-15-26(16-11-9-7-5-2)24-25-23(21(18-28)30-24)22-19(17-27)13-12-14-20(22)29-3;1-6-11-13-26(14-12-7-2)24-25-23(21(17-27)28-24)22-19(9-4)15-18(8-3)16-20(22)10-5;1-5-7-8-21(6-2)19-20-18(16(12-23)24-19)17-13(3)9-15(11-22)10-14(17)4/h15-20H,9-14H2,1-8H3;10-11,14-16,19-20H,12-13H2,1-9H3;12-14,18,27H,4-11,15-17H2,1-3H3;15-17H,6-14H2,1-5H3;9-10,12,22H,5-8,11H2,1-4H3. The molecule has 0 aliphatic heterocycles. The molecule has 142 heavy (non-hydrogen) atoms. The third-order valence-corrected chi connectivity index (χ3v) is 32.5. The molecule has 0 fully saturated rings. The van der Waals surface area contributed by atoms with Crippen LogP contribution in [0.25, 0.3) is 56.3 Å². The molecular formula is C119H178N10O8S5. The van der Waals surface area contributed by atoms with Crippen molar-refractivity contribution in [2.45, 2.75) is 360 Å². The highest BCUT2D eigenvalue weighted by molar-refractivity contribution is 7.19. The minimum atomic E-state index is -0.130. The Labute approximate surface area is 877 Å². The number of aldehydes is 5. The van der Waals surface area contributed by atoms with E-state index < -0.39 is 0 Å². The van der Waals surface area contributed by atoms with Crippen molar-refractivity contribution >= 4 is 114 Å². The smallest absolute Gasteiger partial charge is 0.186 e. The second kappa shape index (κ2) is 63.7. The molecule has 2 atom stereocenters. The Morgan fingerprint density at radius 1 is 0.331 bits per heavy atom. The average molecular weight is 2040 g/mol. The van der Waals surface area contributed by atoms with Crippen LogP contribution in [-0.4, -0.2) is 139 Å². The highest BCUT2D eigenvalue weighted by Crippen LogP contribution is 2.46. The number of carbonyl (C=O) groups excluding carboxylic acids is 5. The fourth-order valence-corrected chi connectivity index (χ4v) is 22.2. The first-order valence-electron chi connectivity index (χ1n) is 53.6. The van der Waals surface area contributed by atoms with Crippen molar-refractivity contribution in [3.8, 4) is 62.0 Å². The molecule has 0 aliphatic carbocycles. The number of aliphatic hydroxyl groups excluding tert-OH is 2. The number of hydrogen-bond acceptors (Lipinski definition) is 23. The number of benzene rings is 5. The van der Waals surface area contributed by atoms with Gasteiger partial charge in [-0.05, 0) is 226 Å². The molecular weight excluding hydrogens is 1860 g/mol. The topological polar surface area (TPSA) is 216 Å². The molecule has 0 bridgehead atoms. The molecule has 782 valence electrons. The minimum Gasteiger partial charge on any atom is -0.496 e. The summed E-state index contributed by atoms with van der Waals surface area (Å²) in [6, 6.07) is 23.0. The van der Waals surface area contributed by atoms with E-state index in [9.17, 15) is 34.2 Å². The number of aryl methyl sites for hydroxylation is 7. The second-order valence-electron chi connectivity index (χ2n) is 39.9. The number of ether oxygens (including phenoxy) is 1. The molecule has 2 N–H and O–H groups in total. The lowest BCUT2D eigenvalue weighted by Gasteiger charge is -2.31. The van der Waals surface area contributed by atoms with Crippen molar-refractivity contribution < 1.29 is 38.9 Å². The number of aliphatic hydroxyl groups is 2. The fourth-order valence-electron chi connectivity index (χ4n) is 17.5. The Kier molecular flexibility index (Phi) is 54.7. The Balaban J connectivity index is 0.000000272. The minimum absolute atomic E-state index is 0.0193. The van der Waals surface area contributed by atoms with Crippen LogP contribution in [0.1, 0.15) is 413 Å². The van der Waals surface area contributed by atoms with Crippen LogP contribution in [0, 0.1) is 58.3 Å². The number of aromatic nitrogens is 5. The van der Waals surface area contributed by atoms with E-state index in [1.807, 2.05) is 44.2 Å². The number of thiazole rings is 5. The number of anilines is 5. The first-order valence-corrected chi connectivity index (χ1v) is 57.7. The summed E-state index contributed by atoms with van der Waals surface area (Å²) in [4.78, 5) is 99.7. The van der Waals surface area contributed by atoms with Gasteiger partial charge in [0.2, 0.25) is 0 Å². The van der Waals surface area contributed by atoms with E-state index in [0.717, 1.165) is 271 Å². The molecule has 0 saturated heterocycles. The summed E-state index contributed by atoms with van der Waals surface area (Å²) in [5, 5.41) is 24.0. The molecule has 5 aromatic carbocycles. The van der Waals surface area contributed by atoms with Gasteiger partial charge in [0.1, 0.15) is 5.75 Å². The van der Waals surface area contributed by atoms with Gasteiger partial charge in [-0.1, -0.05) is 340 Å². The van der Waals surface area contributed by atoms with Crippen molar-refractivity contribution in [2.24, 2.45) is 23.7 Å². The van der Waals surface area contributed by atoms with E-state index in [1.165, 1.54) is 147 Å². The zero-order chi connectivity index (χ0) is 105. The molecule has 5 aromatic heterocycles. The van der Waals surface area contributed by atoms with Crippen LogP contribution in [0.2, 0.25) is 0 Å². The quantitative estimate of drug-likeness (QED) is 0.0268. The van der Waals surface area contributed by atoms with Crippen LogP contribution in [0.4, 0.5) is 25.7 Å². The Morgan fingerprint density at radius 2 is 0.676 bits per heavy atom. The molecule has 2 unspecified atom stereocenters. The predicted molar refractivity (Wildman–Crippen MR) is 615 cm³/mol. The fraction of sp³-hybridized carbons (Fsp3) is 0.580. The summed E-state index contributed by atoms with van der Waals surface area (Å²) >= 11 is 7.56. The lowest BCUT2D eigenvalue weighted by Crippen LogP contribution is -2.35. The molecule has 23 heteroatoms. The molecule has 0 spiro atoms. The first-order chi connectivity index (χ1) is 68.2. The maximum absolute atomic E-state index is 12.2. The number of unbranched alkanes of at least 4 members (excludes halogenated alkanes) is 11. The maximum Gasteiger partial charge on any atom is 0.186 e. The van der Waals surface area contributed by atoms with Gasteiger partial charge in [-0.3, -0.25) is 24.0 Å². The van der Waals surface area contributed by atoms with E-state index in [0.29, 0.717) is 73.7 Å². The largest absolute Gasteiger partial charge is 0.496 e. The maximum atomic E-state index is 12.2. The van der Waals surface area contributed by atoms with Crippen LogP contribution in [-0.2, 0) is 32.5 Å². The Morgan fingerprint density at radius 3 is 1.01 bits per heavy atom. The molecule has 0 amide bonds. The van der Waals surface area contributed by atoms with Gasteiger partial charge in [0.25, 0.3) is 0 Å². The van der Waals surface area contributed by atoms with Gasteiger partial charge < -0.3 is 39.4 Å². The van der Waals surface area contributed by atoms with E-state index >= 15 is 0 Å². The van der Waals surface area contributed by atoms with Crippen LogP contribution >= 0.6 is 56.7 Å². The van der Waals surface area contributed by atoms with Crippen molar-refractivity contribution in [3.05, 3.63) is 163 Å². The highest BCUT2D eigenvalue weighted by Gasteiger charge is 2.31. The molecule has 5 heterocycles. The van der Waals surface area contributed by atoms with Crippen molar-refractivity contribution in [3.63, 3.8) is 0 Å².